The van der Waals surface area contributed by atoms with Gasteiger partial charge in [0.05, 0.1) is 0 Å². The lowest BCUT2D eigenvalue weighted by molar-refractivity contribution is -0.125. The van der Waals surface area contributed by atoms with E-state index < -0.39 is 0 Å². The molecule has 0 saturated carbocycles. The highest BCUT2D eigenvalue weighted by Gasteiger charge is 2.33. The Kier molecular flexibility index (Phi) is 5.08. The number of carbonyl (C=O) groups is 1. The predicted molar refractivity (Wildman–Crippen MR) is 81.2 cm³/mol. The van der Waals surface area contributed by atoms with Crippen molar-refractivity contribution in [3.05, 3.63) is 42.5 Å². The van der Waals surface area contributed by atoms with Gasteiger partial charge in [-0.05, 0) is 25.5 Å². The molecule has 1 aromatic carbocycles. The second-order valence-electron chi connectivity index (χ2n) is 4.88. The lowest BCUT2D eigenvalue weighted by Crippen LogP contribution is -2.35. The number of nitrogens with one attached hydrogen (secondary N) is 1. The summed E-state index contributed by atoms with van der Waals surface area (Å²) < 4.78 is 0. The van der Waals surface area contributed by atoms with E-state index in [4.69, 9.17) is 0 Å². The van der Waals surface area contributed by atoms with Crippen LogP contribution in [0.4, 0.5) is 0 Å². The van der Waals surface area contributed by atoms with Gasteiger partial charge in [-0.1, -0.05) is 37.3 Å². The van der Waals surface area contributed by atoms with Crippen LogP contribution < -0.4 is 5.32 Å². The monoisotopic (exact) mass is 275 g/mol. The van der Waals surface area contributed by atoms with Gasteiger partial charge in [0, 0.05) is 28.5 Å². The molecule has 0 fully saturated rings. The van der Waals surface area contributed by atoms with Crippen LogP contribution in [0.1, 0.15) is 20.3 Å². The van der Waals surface area contributed by atoms with Gasteiger partial charge in [-0.15, -0.1) is 11.8 Å². The zero-order valence-electron chi connectivity index (χ0n) is 11.5. The molecule has 102 valence electrons. The fourth-order valence-electron chi connectivity index (χ4n) is 2.54. The maximum Gasteiger partial charge on any atom is 0.224 e. The van der Waals surface area contributed by atoms with Gasteiger partial charge < -0.3 is 5.32 Å². The Morgan fingerprint density at radius 2 is 2.16 bits per heavy atom. The molecule has 2 rings (SSSR count). The molecule has 2 nitrogen and oxygen atoms in total. The third kappa shape index (κ3) is 3.63. The van der Waals surface area contributed by atoms with Crippen molar-refractivity contribution < 1.29 is 4.79 Å². The van der Waals surface area contributed by atoms with Crippen molar-refractivity contribution in [3.8, 4) is 0 Å². The lowest BCUT2D eigenvalue weighted by atomic mass is 9.92. The SMILES string of the molecule is CCNC(=O)C1CC=CC1C(C)Sc1ccccc1. The van der Waals surface area contributed by atoms with Crippen molar-refractivity contribution in [2.24, 2.45) is 11.8 Å². The third-order valence-electron chi connectivity index (χ3n) is 3.51. The van der Waals surface area contributed by atoms with Crippen LogP contribution in [0, 0.1) is 11.8 Å². The Labute approximate surface area is 119 Å². The average Bonchev–Trinajstić information content (AvgIpc) is 2.89. The van der Waals surface area contributed by atoms with Gasteiger partial charge >= 0.3 is 0 Å². The molecule has 0 spiro atoms. The minimum atomic E-state index is 0.103. The number of hydrogen-bond donors (Lipinski definition) is 1. The van der Waals surface area contributed by atoms with E-state index >= 15 is 0 Å². The molecular weight excluding hydrogens is 254 g/mol. The first-order valence-corrected chi connectivity index (χ1v) is 7.76. The van der Waals surface area contributed by atoms with Gasteiger partial charge in [0.15, 0.2) is 0 Å². The van der Waals surface area contributed by atoms with Crippen LogP contribution in [0.15, 0.2) is 47.4 Å². The number of thioether (sulfide) groups is 1. The molecule has 3 heteroatoms. The molecule has 1 amide bonds. The third-order valence-corrected chi connectivity index (χ3v) is 4.74. The van der Waals surface area contributed by atoms with Crippen LogP contribution in [0.2, 0.25) is 0 Å². The molecule has 1 N–H and O–H groups in total. The summed E-state index contributed by atoms with van der Waals surface area (Å²) in [5.41, 5.74) is 0. The van der Waals surface area contributed by atoms with Crippen LogP contribution >= 0.6 is 11.8 Å². The molecule has 1 aliphatic carbocycles. The first kappa shape index (κ1) is 14.2. The number of hydrogen-bond acceptors (Lipinski definition) is 2. The molecule has 0 bridgehead atoms. The molecule has 1 aliphatic rings. The normalized spacial score (nSPS) is 23.3. The van der Waals surface area contributed by atoms with Crippen LogP contribution in [0.3, 0.4) is 0 Å². The Morgan fingerprint density at radius 3 is 2.84 bits per heavy atom. The largest absolute Gasteiger partial charge is 0.356 e. The van der Waals surface area contributed by atoms with Crippen molar-refractivity contribution in [1.29, 1.82) is 0 Å². The van der Waals surface area contributed by atoms with Gasteiger partial charge in [-0.3, -0.25) is 4.79 Å². The summed E-state index contributed by atoms with van der Waals surface area (Å²) in [6.07, 6.45) is 5.23. The van der Waals surface area contributed by atoms with Crippen LogP contribution in [-0.2, 0) is 4.79 Å². The van der Waals surface area contributed by atoms with Gasteiger partial charge in [0.25, 0.3) is 0 Å². The lowest BCUT2D eigenvalue weighted by Gasteiger charge is -2.24. The first-order chi connectivity index (χ1) is 9.22. The Morgan fingerprint density at radius 1 is 1.42 bits per heavy atom. The topological polar surface area (TPSA) is 29.1 Å². The molecule has 0 heterocycles. The summed E-state index contributed by atoms with van der Waals surface area (Å²) in [5, 5.41) is 3.36. The molecule has 3 atom stereocenters. The van der Waals surface area contributed by atoms with E-state index in [0.29, 0.717) is 17.7 Å². The second kappa shape index (κ2) is 6.80. The van der Waals surface area contributed by atoms with Crippen LogP contribution in [-0.4, -0.2) is 17.7 Å². The van der Waals surface area contributed by atoms with Crippen LogP contribution in [0.25, 0.3) is 0 Å². The summed E-state index contributed by atoms with van der Waals surface area (Å²) in [4.78, 5) is 13.3. The van der Waals surface area contributed by atoms with Crippen molar-refractivity contribution in [2.75, 3.05) is 6.54 Å². The standard InChI is InChI=1S/C16H21NOS/c1-3-17-16(18)15-11-7-10-14(15)12(2)19-13-8-5-4-6-9-13/h4-10,12,14-15H,3,11H2,1-2H3,(H,17,18). The van der Waals surface area contributed by atoms with Gasteiger partial charge in [-0.2, -0.15) is 0 Å². The Hall–Kier alpha value is -1.22. The van der Waals surface area contributed by atoms with Gasteiger partial charge in [0.2, 0.25) is 5.91 Å². The maximum atomic E-state index is 12.1. The predicted octanol–water partition coefficient (Wildman–Crippen LogP) is 3.50. The molecule has 0 radical (unpaired) electrons. The zero-order valence-corrected chi connectivity index (χ0v) is 12.3. The number of amides is 1. The van der Waals surface area contributed by atoms with E-state index in [2.05, 4.69) is 48.7 Å². The molecule has 0 saturated heterocycles. The van der Waals surface area contributed by atoms with E-state index in [1.54, 1.807) is 0 Å². The van der Waals surface area contributed by atoms with Crippen molar-refractivity contribution >= 4 is 17.7 Å². The number of rotatable bonds is 5. The molecule has 0 aromatic heterocycles. The molecule has 1 aromatic rings. The fraction of sp³-hybridized carbons (Fsp3) is 0.438. The number of benzene rings is 1. The smallest absolute Gasteiger partial charge is 0.224 e. The number of allylic oxidation sites excluding steroid dienone is 2. The Bertz CT molecular complexity index is 443. The maximum absolute atomic E-state index is 12.1. The summed E-state index contributed by atoms with van der Waals surface area (Å²) >= 11 is 1.85. The molecule has 19 heavy (non-hydrogen) atoms. The highest BCUT2D eigenvalue weighted by atomic mass is 32.2. The highest BCUT2D eigenvalue weighted by Crippen LogP contribution is 2.37. The molecule has 0 aliphatic heterocycles. The summed E-state index contributed by atoms with van der Waals surface area (Å²) in [6.45, 7) is 4.89. The minimum Gasteiger partial charge on any atom is -0.356 e. The number of carbonyl (C=O) groups excluding carboxylic acids is 1. The average molecular weight is 275 g/mol. The molecular formula is C16H21NOS. The van der Waals surface area contributed by atoms with Gasteiger partial charge in [0.1, 0.15) is 0 Å². The summed E-state index contributed by atoms with van der Waals surface area (Å²) in [5.74, 6) is 0.626. The fourth-order valence-corrected chi connectivity index (χ4v) is 3.72. The summed E-state index contributed by atoms with van der Waals surface area (Å²) in [6, 6.07) is 10.4. The first-order valence-electron chi connectivity index (χ1n) is 6.88. The van der Waals surface area contributed by atoms with E-state index in [1.807, 2.05) is 24.8 Å². The summed E-state index contributed by atoms with van der Waals surface area (Å²) in [7, 11) is 0. The Balaban J connectivity index is 1.99. The quantitative estimate of drug-likeness (QED) is 0.658. The highest BCUT2D eigenvalue weighted by molar-refractivity contribution is 8.00. The minimum absolute atomic E-state index is 0.103. The van der Waals surface area contributed by atoms with E-state index in [-0.39, 0.29) is 11.8 Å². The van der Waals surface area contributed by atoms with Crippen molar-refractivity contribution in [1.82, 2.24) is 5.32 Å². The van der Waals surface area contributed by atoms with Crippen molar-refractivity contribution in [3.63, 3.8) is 0 Å². The zero-order chi connectivity index (χ0) is 13.7. The van der Waals surface area contributed by atoms with E-state index in [9.17, 15) is 4.79 Å². The van der Waals surface area contributed by atoms with Crippen molar-refractivity contribution in [2.45, 2.75) is 30.4 Å². The van der Waals surface area contributed by atoms with E-state index in [1.165, 1.54) is 4.90 Å². The van der Waals surface area contributed by atoms with Crippen LogP contribution in [0.5, 0.6) is 0 Å². The van der Waals surface area contributed by atoms with E-state index in [0.717, 1.165) is 6.42 Å². The van der Waals surface area contributed by atoms with Gasteiger partial charge in [-0.25, -0.2) is 0 Å². The molecule has 3 unspecified atom stereocenters. The second-order valence-corrected chi connectivity index (χ2v) is 6.33.